The van der Waals surface area contributed by atoms with Crippen molar-refractivity contribution in [2.45, 2.75) is 41.0 Å². The minimum atomic E-state index is 0.240. The summed E-state index contributed by atoms with van der Waals surface area (Å²) in [6.45, 7) is 11.3. The normalized spacial score (nSPS) is 11.6. The van der Waals surface area contributed by atoms with Gasteiger partial charge in [-0.05, 0) is 25.7 Å². The molecule has 0 aliphatic heterocycles. The molecule has 0 atom stereocenters. The first-order valence-electron chi connectivity index (χ1n) is 5.60. The van der Waals surface area contributed by atoms with Crippen LogP contribution in [0.1, 0.15) is 38.6 Å². The molecular weight excluding hydrogens is 222 g/mol. The zero-order chi connectivity index (χ0) is 12.3. The number of rotatable bonds is 4. The lowest BCUT2D eigenvalue weighted by atomic mass is 9.90. The molecule has 1 rings (SSSR count). The first-order valence-corrected chi connectivity index (χ1v) is 5.98. The highest BCUT2D eigenvalue weighted by Gasteiger charge is 2.16. The average Bonchev–Trinajstić information content (AvgIpc) is 2.22. The summed E-state index contributed by atoms with van der Waals surface area (Å²) in [6.07, 6.45) is 1.11. The molecule has 3 nitrogen and oxygen atoms in total. The molecule has 1 N–H and O–H groups in total. The second-order valence-corrected chi connectivity index (χ2v) is 5.26. The number of nitrogens with zero attached hydrogens (tertiary/aromatic N) is 2. The van der Waals surface area contributed by atoms with Gasteiger partial charge in [-0.25, -0.2) is 9.97 Å². The SMILES string of the molecule is CCC(C)(C)CNc1nc(C)c(C)nc1Cl. The largest absolute Gasteiger partial charge is 0.367 e. The van der Waals surface area contributed by atoms with Crippen LogP contribution in [0, 0.1) is 19.3 Å². The summed E-state index contributed by atoms with van der Waals surface area (Å²) in [6, 6.07) is 0. The van der Waals surface area contributed by atoms with Crippen LogP contribution in [0.3, 0.4) is 0 Å². The number of hydrogen-bond acceptors (Lipinski definition) is 3. The van der Waals surface area contributed by atoms with E-state index >= 15 is 0 Å². The molecule has 0 aliphatic rings. The Morgan fingerprint density at radius 3 is 2.31 bits per heavy atom. The number of hydrogen-bond donors (Lipinski definition) is 1. The van der Waals surface area contributed by atoms with Crippen molar-refractivity contribution >= 4 is 17.4 Å². The Bertz CT molecular complexity index is 375. The van der Waals surface area contributed by atoms with Crippen molar-refractivity contribution in [3.8, 4) is 0 Å². The van der Waals surface area contributed by atoms with E-state index in [9.17, 15) is 0 Å². The first kappa shape index (κ1) is 13.2. The van der Waals surface area contributed by atoms with E-state index in [1.54, 1.807) is 0 Å². The van der Waals surface area contributed by atoms with E-state index in [1.807, 2.05) is 13.8 Å². The van der Waals surface area contributed by atoms with Gasteiger partial charge in [0.15, 0.2) is 11.0 Å². The fraction of sp³-hybridized carbons (Fsp3) is 0.667. The molecule has 0 radical (unpaired) electrons. The van der Waals surface area contributed by atoms with E-state index in [0.29, 0.717) is 11.0 Å². The van der Waals surface area contributed by atoms with Crippen molar-refractivity contribution in [1.82, 2.24) is 9.97 Å². The molecule has 0 aromatic carbocycles. The Morgan fingerprint density at radius 2 is 1.75 bits per heavy atom. The molecular formula is C12H20ClN3. The smallest absolute Gasteiger partial charge is 0.171 e. The third-order valence-electron chi connectivity index (χ3n) is 2.96. The van der Waals surface area contributed by atoms with Crippen molar-refractivity contribution in [3.05, 3.63) is 16.5 Å². The Kier molecular flexibility index (Phi) is 4.14. The second-order valence-electron chi connectivity index (χ2n) is 4.91. The first-order chi connectivity index (χ1) is 7.35. The predicted octanol–water partition coefficient (Wildman–Crippen LogP) is 3.59. The number of anilines is 1. The van der Waals surface area contributed by atoms with Crippen molar-refractivity contribution in [2.75, 3.05) is 11.9 Å². The van der Waals surface area contributed by atoms with E-state index < -0.39 is 0 Å². The van der Waals surface area contributed by atoms with Crippen molar-refractivity contribution in [1.29, 1.82) is 0 Å². The van der Waals surface area contributed by atoms with E-state index in [0.717, 1.165) is 24.4 Å². The molecule has 0 fully saturated rings. The monoisotopic (exact) mass is 241 g/mol. The summed E-state index contributed by atoms with van der Waals surface area (Å²) < 4.78 is 0. The second kappa shape index (κ2) is 5.00. The lowest BCUT2D eigenvalue weighted by Gasteiger charge is -2.23. The van der Waals surface area contributed by atoms with Gasteiger partial charge in [-0.2, -0.15) is 0 Å². The minimum absolute atomic E-state index is 0.240. The lowest BCUT2D eigenvalue weighted by molar-refractivity contribution is 0.376. The van der Waals surface area contributed by atoms with Crippen LogP contribution in [0.15, 0.2) is 0 Å². The fourth-order valence-corrected chi connectivity index (χ4v) is 1.37. The van der Waals surface area contributed by atoms with E-state index in [4.69, 9.17) is 11.6 Å². The predicted molar refractivity (Wildman–Crippen MR) is 69.1 cm³/mol. The summed E-state index contributed by atoms with van der Waals surface area (Å²) in [4.78, 5) is 8.64. The Labute approximate surface area is 103 Å². The van der Waals surface area contributed by atoms with Gasteiger partial charge in [0.25, 0.3) is 0 Å². The summed E-state index contributed by atoms with van der Waals surface area (Å²) in [5.74, 6) is 0.686. The minimum Gasteiger partial charge on any atom is -0.367 e. The number of aryl methyl sites for hydroxylation is 2. The van der Waals surface area contributed by atoms with Crippen LogP contribution in [0.4, 0.5) is 5.82 Å². The van der Waals surface area contributed by atoms with E-state index in [-0.39, 0.29) is 5.41 Å². The van der Waals surface area contributed by atoms with Crippen molar-refractivity contribution in [2.24, 2.45) is 5.41 Å². The number of halogens is 1. The standard InChI is InChI=1S/C12H20ClN3/c1-6-12(4,5)7-14-11-10(13)15-8(2)9(3)16-11/h6-7H2,1-5H3,(H,14,16). The van der Waals surface area contributed by atoms with Gasteiger partial charge in [0.1, 0.15) is 0 Å². The zero-order valence-corrected chi connectivity index (χ0v) is 11.4. The number of nitrogens with one attached hydrogen (secondary N) is 1. The van der Waals surface area contributed by atoms with Crippen LogP contribution < -0.4 is 5.32 Å². The summed E-state index contributed by atoms with van der Waals surface area (Å²) in [7, 11) is 0. The molecule has 1 aromatic heterocycles. The van der Waals surface area contributed by atoms with Gasteiger partial charge < -0.3 is 5.32 Å². The maximum absolute atomic E-state index is 6.04. The molecule has 0 aliphatic carbocycles. The Hall–Kier alpha value is -0.830. The van der Waals surface area contributed by atoms with Crippen LogP contribution in [0.5, 0.6) is 0 Å². The van der Waals surface area contributed by atoms with Crippen LogP contribution >= 0.6 is 11.6 Å². The van der Waals surface area contributed by atoms with Crippen LogP contribution in [-0.2, 0) is 0 Å². The maximum atomic E-state index is 6.04. The molecule has 4 heteroatoms. The molecule has 0 bridgehead atoms. The third kappa shape index (κ3) is 3.34. The van der Waals surface area contributed by atoms with Gasteiger partial charge in [0.2, 0.25) is 0 Å². The van der Waals surface area contributed by atoms with Crippen molar-refractivity contribution < 1.29 is 0 Å². The topological polar surface area (TPSA) is 37.8 Å². The molecule has 90 valence electrons. The molecule has 0 spiro atoms. The highest BCUT2D eigenvalue weighted by molar-refractivity contribution is 6.31. The highest BCUT2D eigenvalue weighted by Crippen LogP contribution is 2.23. The molecule has 16 heavy (non-hydrogen) atoms. The van der Waals surface area contributed by atoms with Gasteiger partial charge in [0.05, 0.1) is 11.4 Å². The van der Waals surface area contributed by atoms with Gasteiger partial charge >= 0.3 is 0 Å². The van der Waals surface area contributed by atoms with E-state index in [1.165, 1.54) is 0 Å². The molecule has 0 saturated carbocycles. The van der Waals surface area contributed by atoms with Gasteiger partial charge in [-0.15, -0.1) is 0 Å². The Balaban J connectivity index is 2.79. The molecule has 1 aromatic rings. The van der Waals surface area contributed by atoms with Gasteiger partial charge in [-0.3, -0.25) is 0 Å². The molecule has 0 saturated heterocycles. The van der Waals surface area contributed by atoms with Crippen molar-refractivity contribution in [3.63, 3.8) is 0 Å². The molecule has 0 amide bonds. The Morgan fingerprint density at radius 1 is 1.19 bits per heavy atom. The lowest BCUT2D eigenvalue weighted by Crippen LogP contribution is -2.23. The summed E-state index contributed by atoms with van der Waals surface area (Å²) in [5, 5.41) is 3.72. The maximum Gasteiger partial charge on any atom is 0.171 e. The van der Waals surface area contributed by atoms with Gasteiger partial charge in [-0.1, -0.05) is 32.4 Å². The summed E-state index contributed by atoms with van der Waals surface area (Å²) in [5.41, 5.74) is 2.04. The van der Waals surface area contributed by atoms with Crippen LogP contribution in [0.25, 0.3) is 0 Å². The third-order valence-corrected chi connectivity index (χ3v) is 3.22. The van der Waals surface area contributed by atoms with Gasteiger partial charge in [0, 0.05) is 6.54 Å². The summed E-state index contributed by atoms with van der Waals surface area (Å²) >= 11 is 6.04. The molecule has 0 unspecified atom stereocenters. The average molecular weight is 242 g/mol. The number of aromatic nitrogens is 2. The van der Waals surface area contributed by atoms with Crippen LogP contribution in [0.2, 0.25) is 5.15 Å². The quantitative estimate of drug-likeness (QED) is 0.876. The molecule has 1 heterocycles. The fourth-order valence-electron chi connectivity index (χ4n) is 1.14. The van der Waals surface area contributed by atoms with Crippen LogP contribution in [-0.4, -0.2) is 16.5 Å². The van der Waals surface area contributed by atoms with E-state index in [2.05, 4.69) is 36.1 Å². The zero-order valence-electron chi connectivity index (χ0n) is 10.7. The highest BCUT2D eigenvalue weighted by atomic mass is 35.5.